The molecule has 27 heavy (non-hydrogen) atoms. The van der Waals surface area contributed by atoms with Crippen LogP contribution in [0.3, 0.4) is 0 Å². The van der Waals surface area contributed by atoms with Crippen LogP contribution in [0.1, 0.15) is 22.6 Å². The molecule has 0 fully saturated rings. The second-order valence-corrected chi connectivity index (χ2v) is 6.50. The highest BCUT2D eigenvalue weighted by Gasteiger charge is 2.33. The largest absolute Gasteiger partial charge is 0.497 e. The zero-order valence-electron chi connectivity index (χ0n) is 15.4. The number of nitrogens with one attached hydrogen (secondary N) is 1. The van der Waals surface area contributed by atoms with E-state index < -0.39 is 0 Å². The molecule has 1 aliphatic carbocycles. The number of carbonyl (C=O) groups excluding carboxylic acids is 1. The van der Waals surface area contributed by atoms with Crippen LogP contribution in [0.25, 0.3) is 11.1 Å². The zero-order valence-corrected chi connectivity index (χ0v) is 15.4. The van der Waals surface area contributed by atoms with Crippen LogP contribution < -0.4 is 14.8 Å². The molecule has 0 unspecified atom stereocenters. The number of carbonyl (C=O) groups is 1. The molecule has 3 aromatic rings. The lowest BCUT2D eigenvalue weighted by molar-refractivity contribution is -0.121. The Morgan fingerprint density at radius 3 is 2.11 bits per heavy atom. The molecular formula is C23H21NO3. The normalized spacial score (nSPS) is 12.2. The number of fused-ring (bicyclic) bond motifs is 3. The topological polar surface area (TPSA) is 47.6 Å². The van der Waals surface area contributed by atoms with E-state index >= 15 is 0 Å². The molecule has 4 rings (SSSR count). The molecule has 4 nitrogen and oxygen atoms in total. The molecule has 4 heteroatoms. The molecule has 0 spiro atoms. The third-order valence-corrected chi connectivity index (χ3v) is 5.04. The predicted octanol–water partition coefficient (Wildman–Crippen LogP) is 4.13. The van der Waals surface area contributed by atoms with Crippen LogP contribution >= 0.6 is 0 Å². The molecule has 0 bridgehead atoms. The van der Waals surface area contributed by atoms with Crippen molar-refractivity contribution < 1.29 is 14.3 Å². The Hall–Kier alpha value is -3.27. The maximum Gasteiger partial charge on any atom is 0.232 e. The first-order valence-electron chi connectivity index (χ1n) is 8.89. The zero-order chi connectivity index (χ0) is 18.8. The maximum atomic E-state index is 13.1. The number of amides is 1. The van der Waals surface area contributed by atoms with E-state index in [-0.39, 0.29) is 11.8 Å². The third kappa shape index (κ3) is 3.04. The Morgan fingerprint density at radius 1 is 0.889 bits per heavy atom. The molecule has 0 aliphatic heterocycles. The smallest absolute Gasteiger partial charge is 0.232 e. The van der Waals surface area contributed by atoms with Gasteiger partial charge in [-0.15, -0.1) is 0 Å². The van der Waals surface area contributed by atoms with Crippen LogP contribution in [0.2, 0.25) is 0 Å². The Bertz CT molecular complexity index is 951. The van der Waals surface area contributed by atoms with Crippen molar-refractivity contribution in [3.8, 4) is 22.6 Å². The van der Waals surface area contributed by atoms with Gasteiger partial charge in [-0.05, 0) is 34.4 Å². The molecule has 0 radical (unpaired) electrons. The summed E-state index contributed by atoms with van der Waals surface area (Å²) in [5.41, 5.74) is 5.28. The van der Waals surface area contributed by atoms with E-state index in [2.05, 4.69) is 17.4 Å². The van der Waals surface area contributed by atoms with Crippen molar-refractivity contribution >= 4 is 5.91 Å². The van der Waals surface area contributed by atoms with Crippen molar-refractivity contribution in [2.24, 2.45) is 0 Å². The van der Waals surface area contributed by atoms with Gasteiger partial charge in [0.1, 0.15) is 11.5 Å². The number of rotatable bonds is 5. The number of ether oxygens (including phenoxy) is 2. The van der Waals surface area contributed by atoms with Gasteiger partial charge in [0.2, 0.25) is 5.91 Å². The van der Waals surface area contributed by atoms with E-state index in [0.717, 1.165) is 33.6 Å². The van der Waals surface area contributed by atoms with Gasteiger partial charge in [-0.1, -0.05) is 48.5 Å². The third-order valence-electron chi connectivity index (χ3n) is 5.04. The van der Waals surface area contributed by atoms with E-state index in [9.17, 15) is 4.79 Å². The van der Waals surface area contributed by atoms with Gasteiger partial charge >= 0.3 is 0 Å². The molecule has 0 aromatic heterocycles. The number of hydrogen-bond acceptors (Lipinski definition) is 3. The van der Waals surface area contributed by atoms with Crippen LogP contribution in [-0.4, -0.2) is 20.1 Å². The van der Waals surface area contributed by atoms with Gasteiger partial charge in [0.15, 0.2) is 0 Å². The molecule has 1 amide bonds. The van der Waals surface area contributed by atoms with Gasteiger partial charge in [0, 0.05) is 18.2 Å². The highest BCUT2D eigenvalue weighted by molar-refractivity contribution is 5.96. The minimum absolute atomic E-state index is 0.00901. The standard InChI is InChI=1S/C23H21NO3/c1-26-16-12-11-15(21(13-16)27-2)14-24-23(25)22-19-9-5-3-7-17(19)18-8-4-6-10-20(18)22/h3-13,22H,14H2,1-2H3,(H,24,25). The number of hydrogen-bond donors (Lipinski definition) is 1. The summed E-state index contributed by atoms with van der Waals surface area (Å²) < 4.78 is 10.7. The minimum atomic E-state index is -0.290. The van der Waals surface area contributed by atoms with Gasteiger partial charge in [-0.2, -0.15) is 0 Å². The van der Waals surface area contributed by atoms with Crippen LogP contribution in [0.15, 0.2) is 66.7 Å². The summed E-state index contributed by atoms with van der Waals surface area (Å²) in [7, 11) is 3.23. The lowest BCUT2D eigenvalue weighted by atomic mass is 9.96. The average molecular weight is 359 g/mol. The van der Waals surface area contributed by atoms with Crippen LogP contribution in [0, 0.1) is 0 Å². The Kier molecular flexibility index (Phi) is 4.55. The second-order valence-electron chi connectivity index (χ2n) is 6.50. The van der Waals surface area contributed by atoms with E-state index in [1.54, 1.807) is 14.2 Å². The van der Waals surface area contributed by atoms with E-state index in [1.165, 1.54) is 0 Å². The van der Waals surface area contributed by atoms with E-state index in [1.807, 2.05) is 54.6 Å². The van der Waals surface area contributed by atoms with Crippen molar-refractivity contribution in [3.05, 3.63) is 83.4 Å². The fraction of sp³-hybridized carbons (Fsp3) is 0.174. The molecule has 0 saturated carbocycles. The summed E-state index contributed by atoms with van der Waals surface area (Å²) in [5, 5.41) is 3.08. The Balaban J connectivity index is 1.59. The predicted molar refractivity (Wildman–Crippen MR) is 105 cm³/mol. The second kappa shape index (κ2) is 7.16. The summed E-state index contributed by atoms with van der Waals surface area (Å²) in [4.78, 5) is 13.1. The molecule has 1 aliphatic rings. The fourth-order valence-electron chi connectivity index (χ4n) is 3.72. The van der Waals surface area contributed by atoms with Crippen LogP contribution in [0.4, 0.5) is 0 Å². The summed E-state index contributed by atoms with van der Waals surface area (Å²) in [6.45, 7) is 0.396. The van der Waals surface area contributed by atoms with Crippen molar-refractivity contribution in [3.63, 3.8) is 0 Å². The highest BCUT2D eigenvalue weighted by Crippen LogP contribution is 2.44. The lowest BCUT2D eigenvalue weighted by Gasteiger charge is -2.15. The molecule has 0 saturated heterocycles. The summed E-state index contributed by atoms with van der Waals surface area (Å²) in [6, 6.07) is 21.8. The lowest BCUT2D eigenvalue weighted by Crippen LogP contribution is -2.28. The van der Waals surface area contributed by atoms with Crippen molar-refractivity contribution in [1.29, 1.82) is 0 Å². The fourth-order valence-corrected chi connectivity index (χ4v) is 3.72. The summed E-state index contributed by atoms with van der Waals surface area (Å²) >= 11 is 0. The first-order chi connectivity index (χ1) is 13.2. The highest BCUT2D eigenvalue weighted by atomic mass is 16.5. The quantitative estimate of drug-likeness (QED) is 0.745. The average Bonchev–Trinajstić information content (AvgIpc) is 3.06. The molecule has 1 N–H and O–H groups in total. The Morgan fingerprint density at radius 2 is 1.52 bits per heavy atom. The van der Waals surface area contributed by atoms with Crippen LogP contribution in [0.5, 0.6) is 11.5 Å². The van der Waals surface area contributed by atoms with Crippen molar-refractivity contribution in [2.45, 2.75) is 12.5 Å². The van der Waals surface area contributed by atoms with Crippen LogP contribution in [-0.2, 0) is 11.3 Å². The molecular weight excluding hydrogens is 338 g/mol. The first-order valence-corrected chi connectivity index (χ1v) is 8.89. The first kappa shape index (κ1) is 17.2. The maximum absolute atomic E-state index is 13.1. The molecule has 136 valence electrons. The number of methoxy groups -OCH3 is 2. The monoisotopic (exact) mass is 359 g/mol. The minimum Gasteiger partial charge on any atom is -0.497 e. The van der Waals surface area contributed by atoms with Gasteiger partial charge in [0.05, 0.1) is 20.1 Å². The SMILES string of the molecule is COc1ccc(CNC(=O)C2c3ccccc3-c3ccccc32)c(OC)c1. The molecule has 3 aromatic carbocycles. The van der Waals surface area contributed by atoms with Gasteiger partial charge < -0.3 is 14.8 Å². The summed E-state index contributed by atoms with van der Waals surface area (Å²) in [6.07, 6.45) is 0. The van der Waals surface area contributed by atoms with E-state index in [4.69, 9.17) is 9.47 Å². The Labute approximate surface area is 158 Å². The molecule has 0 atom stereocenters. The summed E-state index contributed by atoms with van der Waals surface area (Å²) in [5.74, 6) is 1.12. The van der Waals surface area contributed by atoms with Crippen molar-refractivity contribution in [2.75, 3.05) is 14.2 Å². The number of benzene rings is 3. The van der Waals surface area contributed by atoms with Gasteiger partial charge in [0.25, 0.3) is 0 Å². The molecule has 0 heterocycles. The van der Waals surface area contributed by atoms with Gasteiger partial charge in [-0.3, -0.25) is 4.79 Å². The van der Waals surface area contributed by atoms with Gasteiger partial charge in [-0.25, -0.2) is 0 Å². The van der Waals surface area contributed by atoms with Crippen molar-refractivity contribution in [1.82, 2.24) is 5.32 Å². The van der Waals surface area contributed by atoms with E-state index in [0.29, 0.717) is 12.3 Å².